The number of benzene rings is 1. The van der Waals surface area contributed by atoms with Crippen LogP contribution in [0.3, 0.4) is 0 Å². The van der Waals surface area contributed by atoms with Gasteiger partial charge in [0.1, 0.15) is 11.6 Å². The number of nitrogens with two attached hydrogens (primary N) is 1. The highest BCUT2D eigenvalue weighted by atomic mass is 19.1. The van der Waals surface area contributed by atoms with Crippen LogP contribution >= 0.6 is 0 Å². The Morgan fingerprint density at radius 2 is 1.73 bits per heavy atom. The van der Waals surface area contributed by atoms with Gasteiger partial charge in [0.2, 0.25) is 0 Å². The molecule has 0 aliphatic heterocycles. The fourth-order valence-corrected chi connectivity index (χ4v) is 1.53. The lowest BCUT2D eigenvalue weighted by atomic mass is 10.3. The average molecular weight is 211 g/mol. The molecule has 15 heavy (non-hydrogen) atoms. The molecule has 1 fully saturated rings. The van der Waals surface area contributed by atoms with Gasteiger partial charge >= 0.3 is 0 Å². The van der Waals surface area contributed by atoms with Gasteiger partial charge in [-0.3, -0.25) is 0 Å². The van der Waals surface area contributed by atoms with Crippen molar-refractivity contribution >= 4 is 0 Å². The molecular weight excluding hydrogens is 193 g/mol. The van der Waals surface area contributed by atoms with Crippen LogP contribution in [0, 0.1) is 5.82 Å². The van der Waals surface area contributed by atoms with E-state index in [0.717, 1.165) is 0 Å². The van der Waals surface area contributed by atoms with Gasteiger partial charge in [0.05, 0.1) is 7.11 Å². The van der Waals surface area contributed by atoms with Gasteiger partial charge in [-0.05, 0) is 37.1 Å². The van der Waals surface area contributed by atoms with Crippen LogP contribution in [0.15, 0.2) is 24.3 Å². The molecule has 0 spiro atoms. The molecule has 0 bridgehead atoms. The minimum atomic E-state index is -0.240. The van der Waals surface area contributed by atoms with Gasteiger partial charge in [0, 0.05) is 6.04 Å². The average Bonchev–Trinajstić information content (AvgIpc) is 2.71. The first-order chi connectivity index (χ1) is 7.22. The zero-order valence-corrected chi connectivity index (χ0v) is 9.08. The van der Waals surface area contributed by atoms with E-state index in [1.54, 1.807) is 19.2 Å². The largest absolute Gasteiger partial charge is 0.497 e. The number of halogens is 1. The molecule has 3 heteroatoms. The zero-order chi connectivity index (χ0) is 11.1. The first-order valence-corrected chi connectivity index (χ1v) is 5.27. The SMILES string of the molecule is COc1ccc(F)cc1.NC1CCCC1. The summed E-state index contributed by atoms with van der Waals surface area (Å²) in [6.07, 6.45) is 5.25. The van der Waals surface area contributed by atoms with Crippen LogP contribution in [0.1, 0.15) is 25.7 Å². The minimum Gasteiger partial charge on any atom is -0.497 e. The smallest absolute Gasteiger partial charge is 0.123 e. The Bertz CT molecular complexity index is 267. The third kappa shape index (κ3) is 4.79. The normalized spacial score (nSPS) is 15.7. The van der Waals surface area contributed by atoms with Crippen molar-refractivity contribution in [3.8, 4) is 5.75 Å². The predicted molar refractivity (Wildman–Crippen MR) is 59.4 cm³/mol. The first kappa shape index (κ1) is 12.0. The molecule has 0 unspecified atom stereocenters. The molecule has 0 radical (unpaired) electrons. The maximum absolute atomic E-state index is 12.2. The van der Waals surface area contributed by atoms with Crippen LogP contribution in [0.2, 0.25) is 0 Å². The summed E-state index contributed by atoms with van der Waals surface area (Å²) >= 11 is 0. The summed E-state index contributed by atoms with van der Waals surface area (Å²) < 4.78 is 17.0. The summed E-state index contributed by atoms with van der Waals surface area (Å²) in [6.45, 7) is 0. The van der Waals surface area contributed by atoms with Crippen molar-refractivity contribution in [2.45, 2.75) is 31.7 Å². The number of hydrogen-bond donors (Lipinski definition) is 1. The first-order valence-electron chi connectivity index (χ1n) is 5.27. The van der Waals surface area contributed by atoms with Crippen LogP contribution in [0.25, 0.3) is 0 Å². The molecule has 0 aromatic heterocycles. The summed E-state index contributed by atoms with van der Waals surface area (Å²) in [5.74, 6) is 0.437. The van der Waals surface area contributed by atoms with Crippen molar-refractivity contribution in [2.24, 2.45) is 5.73 Å². The number of methoxy groups -OCH3 is 1. The van der Waals surface area contributed by atoms with Crippen molar-refractivity contribution in [1.82, 2.24) is 0 Å². The fraction of sp³-hybridized carbons (Fsp3) is 0.500. The van der Waals surface area contributed by atoms with E-state index < -0.39 is 0 Å². The topological polar surface area (TPSA) is 35.2 Å². The summed E-state index contributed by atoms with van der Waals surface area (Å²) in [7, 11) is 1.55. The Morgan fingerprint density at radius 3 is 2.07 bits per heavy atom. The molecule has 1 aromatic carbocycles. The van der Waals surface area contributed by atoms with Gasteiger partial charge in [-0.25, -0.2) is 4.39 Å². The van der Waals surface area contributed by atoms with E-state index >= 15 is 0 Å². The van der Waals surface area contributed by atoms with Crippen molar-refractivity contribution in [3.05, 3.63) is 30.1 Å². The van der Waals surface area contributed by atoms with E-state index in [4.69, 9.17) is 10.5 Å². The Balaban J connectivity index is 0.000000162. The summed E-state index contributed by atoms with van der Waals surface area (Å²) in [4.78, 5) is 0. The third-order valence-electron chi connectivity index (χ3n) is 2.45. The second kappa shape index (κ2) is 6.40. The lowest BCUT2D eigenvalue weighted by molar-refractivity contribution is 0.413. The molecular formula is C12H18FNO. The fourth-order valence-electron chi connectivity index (χ4n) is 1.53. The van der Waals surface area contributed by atoms with Crippen LogP contribution in [0.5, 0.6) is 5.75 Å². The van der Waals surface area contributed by atoms with Crippen LogP contribution in [0.4, 0.5) is 4.39 Å². The Hall–Kier alpha value is -1.09. The van der Waals surface area contributed by atoms with Gasteiger partial charge in [0.25, 0.3) is 0 Å². The second-order valence-corrected chi connectivity index (χ2v) is 3.70. The second-order valence-electron chi connectivity index (χ2n) is 3.70. The van der Waals surface area contributed by atoms with Crippen LogP contribution in [-0.2, 0) is 0 Å². The molecule has 0 saturated heterocycles. The summed E-state index contributed by atoms with van der Waals surface area (Å²) in [5, 5.41) is 0. The molecule has 2 nitrogen and oxygen atoms in total. The minimum absolute atomic E-state index is 0.240. The van der Waals surface area contributed by atoms with Gasteiger partial charge in [0.15, 0.2) is 0 Å². The molecule has 1 aliphatic rings. The molecule has 2 rings (SSSR count). The van der Waals surface area contributed by atoms with Crippen molar-refractivity contribution in [3.63, 3.8) is 0 Å². The zero-order valence-electron chi connectivity index (χ0n) is 9.08. The van der Waals surface area contributed by atoms with Crippen molar-refractivity contribution in [1.29, 1.82) is 0 Å². The van der Waals surface area contributed by atoms with Crippen molar-refractivity contribution < 1.29 is 9.13 Å². The van der Waals surface area contributed by atoms with E-state index in [0.29, 0.717) is 11.8 Å². The number of hydrogen-bond acceptors (Lipinski definition) is 2. The molecule has 0 atom stereocenters. The number of ether oxygens (including phenoxy) is 1. The maximum atomic E-state index is 12.2. The molecule has 1 aromatic rings. The van der Waals surface area contributed by atoms with Crippen LogP contribution in [-0.4, -0.2) is 13.2 Å². The standard InChI is InChI=1S/C7H7FO.C5H11N/c1-9-7-4-2-6(8)3-5-7;6-5-3-1-2-4-5/h2-5H,1H3;5H,1-4,6H2. The third-order valence-corrected chi connectivity index (χ3v) is 2.45. The van der Waals surface area contributed by atoms with E-state index in [9.17, 15) is 4.39 Å². The van der Waals surface area contributed by atoms with E-state index in [-0.39, 0.29) is 5.82 Å². The number of rotatable bonds is 1. The molecule has 84 valence electrons. The van der Waals surface area contributed by atoms with E-state index in [2.05, 4.69) is 0 Å². The van der Waals surface area contributed by atoms with Gasteiger partial charge in [-0.1, -0.05) is 12.8 Å². The lowest BCUT2D eigenvalue weighted by Crippen LogP contribution is -2.13. The highest BCUT2D eigenvalue weighted by Gasteiger charge is 2.07. The van der Waals surface area contributed by atoms with E-state index in [1.807, 2.05) is 0 Å². The van der Waals surface area contributed by atoms with Gasteiger partial charge in [-0.2, -0.15) is 0 Å². The van der Waals surface area contributed by atoms with E-state index in [1.165, 1.54) is 37.8 Å². The predicted octanol–water partition coefficient (Wildman–Crippen LogP) is 2.72. The monoisotopic (exact) mass is 211 g/mol. The molecule has 0 amide bonds. The molecule has 1 saturated carbocycles. The molecule has 0 heterocycles. The summed E-state index contributed by atoms with van der Waals surface area (Å²) in [6, 6.07) is 6.42. The highest BCUT2D eigenvalue weighted by Crippen LogP contribution is 2.14. The van der Waals surface area contributed by atoms with Gasteiger partial charge < -0.3 is 10.5 Å². The highest BCUT2D eigenvalue weighted by molar-refractivity contribution is 5.21. The lowest BCUT2D eigenvalue weighted by Gasteiger charge is -1.95. The molecule has 2 N–H and O–H groups in total. The van der Waals surface area contributed by atoms with Crippen molar-refractivity contribution in [2.75, 3.05) is 7.11 Å². The summed E-state index contributed by atoms with van der Waals surface area (Å²) in [5.41, 5.74) is 5.53. The van der Waals surface area contributed by atoms with Gasteiger partial charge in [-0.15, -0.1) is 0 Å². The Labute approximate surface area is 90.2 Å². The van der Waals surface area contributed by atoms with Crippen LogP contribution < -0.4 is 10.5 Å². The quantitative estimate of drug-likeness (QED) is 0.775. The maximum Gasteiger partial charge on any atom is 0.123 e. The Morgan fingerprint density at radius 1 is 1.20 bits per heavy atom. The Kier molecular flexibility index (Phi) is 5.12. The molecule has 1 aliphatic carbocycles.